The Morgan fingerprint density at radius 2 is 2.18 bits per heavy atom. The predicted molar refractivity (Wildman–Crippen MR) is 37.2 cm³/mol. The average Bonchev–Trinajstić information content (AvgIpc) is 2.50. The van der Waals surface area contributed by atoms with E-state index in [9.17, 15) is 4.79 Å². The molecule has 6 nitrogen and oxygen atoms in total. The Bertz CT molecular complexity index is 257. The van der Waals surface area contributed by atoms with Gasteiger partial charge in [0.15, 0.2) is 0 Å². The van der Waals surface area contributed by atoms with Gasteiger partial charge in [-0.3, -0.25) is 4.79 Å². The van der Waals surface area contributed by atoms with Crippen LogP contribution in [0.5, 0.6) is 0 Å². The Morgan fingerprint density at radius 3 is 2.73 bits per heavy atom. The lowest BCUT2D eigenvalue weighted by Gasteiger charge is -1.94. The van der Waals surface area contributed by atoms with Crippen LogP contribution in [0.25, 0.3) is 0 Å². The summed E-state index contributed by atoms with van der Waals surface area (Å²) in [6.07, 6.45) is 0. The SMILES string of the molecule is CNC(=O)c1nonc1NC. The summed E-state index contributed by atoms with van der Waals surface area (Å²) in [5, 5.41) is 11.9. The van der Waals surface area contributed by atoms with E-state index in [-0.39, 0.29) is 11.6 Å². The fourth-order valence-corrected chi connectivity index (χ4v) is 0.620. The molecule has 0 aliphatic rings. The number of nitrogens with one attached hydrogen (secondary N) is 2. The topological polar surface area (TPSA) is 80.1 Å². The number of nitrogens with zero attached hydrogens (tertiary/aromatic N) is 2. The minimum atomic E-state index is -0.324. The van der Waals surface area contributed by atoms with E-state index in [1.807, 2.05) is 0 Å². The van der Waals surface area contributed by atoms with Gasteiger partial charge in [-0.25, -0.2) is 4.63 Å². The molecule has 0 atom stereocenters. The molecule has 60 valence electrons. The minimum Gasteiger partial charge on any atom is -0.368 e. The highest BCUT2D eigenvalue weighted by atomic mass is 16.6. The predicted octanol–water partition coefficient (Wildman–Crippen LogP) is -0.529. The largest absolute Gasteiger partial charge is 0.368 e. The molecule has 0 aromatic carbocycles. The third kappa shape index (κ3) is 1.28. The highest BCUT2D eigenvalue weighted by molar-refractivity contribution is 5.96. The van der Waals surface area contributed by atoms with E-state index in [1.165, 1.54) is 7.05 Å². The van der Waals surface area contributed by atoms with Crippen LogP contribution >= 0.6 is 0 Å². The van der Waals surface area contributed by atoms with Gasteiger partial charge in [-0.05, 0) is 10.3 Å². The maximum atomic E-state index is 10.9. The van der Waals surface area contributed by atoms with Crippen LogP contribution in [-0.4, -0.2) is 30.3 Å². The molecule has 0 fully saturated rings. The van der Waals surface area contributed by atoms with Gasteiger partial charge in [-0.2, -0.15) is 0 Å². The molecule has 2 N–H and O–H groups in total. The lowest BCUT2D eigenvalue weighted by atomic mass is 10.4. The van der Waals surface area contributed by atoms with Gasteiger partial charge in [-0.1, -0.05) is 0 Å². The van der Waals surface area contributed by atoms with Gasteiger partial charge in [0.05, 0.1) is 0 Å². The standard InChI is InChI=1S/C5H8N4O2/c1-6-4-3(5(10)7-2)8-11-9-4/h1-2H3,(H,6,9)(H,7,10). The number of rotatable bonds is 2. The minimum absolute atomic E-state index is 0.162. The highest BCUT2D eigenvalue weighted by Crippen LogP contribution is 2.06. The van der Waals surface area contributed by atoms with Crippen LogP contribution in [0.4, 0.5) is 5.82 Å². The van der Waals surface area contributed by atoms with Gasteiger partial charge in [0.1, 0.15) is 0 Å². The molecule has 0 aliphatic carbocycles. The molecule has 6 heteroatoms. The molecule has 0 unspecified atom stereocenters. The Morgan fingerprint density at radius 1 is 1.45 bits per heavy atom. The molecule has 11 heavy (non-hydrogen) atoms. The number of amides is 1. The van der Waals surface area contributed by atoms with E-state index >= 15 is 0 Å². The maximum Gasteiger partial charge on any atom is 0.277 e. The Kier molecular flexibility index (Phi) is 2.05. The number of anilines is 1. The first-order valence-corrected chi connectivity index (χ1v) is 3.02. The van der Waals surface area contributed by atoms with Gasteiger partial charge < -0.3 is 10.6 Å². The molecule has 1 rings (SSSR count). The summed E-state index contributed by atoms with van der Waals surface area (Å²) in [6, 6.07) is 0. The summed E-state index contributed by atoms with van der Waals surface area (Å²) in [4.78, 5) is 10.9. The number of carbonyl (C=O) groups is 1. The molecule has 0 bridgehead atoms. The summed E-state index contributed by atoms with van der Waals surface area (Å²) >= 11 is 0. The van der Waals surface area contributed by atoms with Crippen molar-refractivity contribution in [1.82, 2.24) is 15.6 Å². The first-order valence-electron chi connectivity index (χ1n) is 3.02. The van der Waals surface area contributed by atoms with Crippen molar-refractivity contribution >= 4 is 11.7 Å². The Labute approximate surface area is 62.9 Å². The van der Waals surface area contributed by atoms with Gasteiger partial charge in [0.2, 0.25) is 11.5 Å². The second-order valence-electron chi connectivity index (χ2n) is 1.79. The molecule has 1 amide bonds. The smallest absolute Gasteiger partial charge is 0.277 e. The molecule has 1 aromatic heterocycles. The summed E-state index contributed by atoms with van der Waals surface area (Å²) in [6.45, 7) is 0. The van der Waals surface area contributed by atoms with E-state index in [0.717, 1.165) is 0 Å². The van der Waals surface area contributed by atoms with Crippen LogP contribution in [0, 0.1) is 0 Å². The first-order chi connectivity index (χ1) is 5.29. The van der Waals surface area contributed by atoms with Crippen molar-refractivity contribution in [3.8, 4) is 0 Å². The van der Waals surface area contributed by atoms with Gasteiger partial charge >= 0.3 is 0 Å². The van der Waals surface area contributed by atoms with Crippen molar-refractivity contribution < 1.29 is 9.42 Å². The maximum absolute atomic E-state index is 10.9. The number of hydrogen-bond acceptors (Lipinski definition) is 5. The van der Waals surface area contributed by atoms with Gasteiger partial charge in [0, 0.05) is 14.1 Å². The van der Waals surface area contributed by atoms with Crippen molar-refractivity contribution in [2.24, 2.45) is 0 Å². The zero-order chi connectivity index (χ0) is 8.27. The van der Waals surface area contributed by atoms with Gasteiger partial charge in [-0.15, -0.1) is 0 Å². The quantitative estimate of drug-likeness (QED) is 0.601. The van der Waals surface area contributed by atoms with Gasteiger partial charge in [0.25, 0.3) is 5.91 Å². The van der Waals surface area contributed by atoms with Crippen LogP contribution in [0.3, 0.4) is 0 Å². The Balaban J connectivity index is 2.92. The Hall–Kier alpha value is -1.59. The molecule has 1 heterocycles. The second kappa shape index (κ2) is 3.00. The fourth-order valence-electron chi connectivity index (χ4n) is 0.620. The van der Waals surface area contributed by atoms with E-state index in [2.05, 4.69) is 25.6 Å². The molecule has 0 saturated carbocycles. The molecule has 1 aromatic rings. The van der Waals surface area contributed by atoms with Crippen molar-refractivity contribution in [1.29, 1.82) is 0 Å². The van der Waals surface area contributed by atoms with E-state index in [0.29, 0.717) is 5.82 Å². The summed E-state index contributed by atoms with van der Waals surface area (Å²) < 4.78 is 4.34. The monoisotopic (exact) mass is 156 g/mol. The zero-order valence-corrected chi connectivity index (χ0v) is 6.21. The number of hydrogen-bond donors (Lipinski definition) is 2. The van der Waals surface area contributed by atoms with Crippen LogP contribution in [-0.2, 0) is 0 Å². The summed E-state index contributed by atoms with van der Waals surface area (Å²) in [7, 11) is 3.14. The molecule has 0 aliphatic heterocycles. The number of carbonyl (C=O) groups excluding carboxylic acids is 1. The molecular formula is C5H8N4O2. The van der Waals surface area contributed by atoms with Crippen molar-refractivity contribution in [3.05, 3.63) is 5.69 Å². The van der Waals surface area contributed by atoms with Crippen LogP contribution in [0.1, 0.15) is 10.5 Å². The lowest BCUT2D eigenvalue weighted by Crippen LogP contribution is -2.19. The van der Waals surface area contributed by atoms with E-state index in [1.54, 1.807) is 7.05 Å². The van der Waals surface area contributed by atoms with E-state index in [4.69, 9.17) is 0 Å². The third-order valence-corrected chi connectivity index (χ3v) is 1.17. The zero-order valence-electron chi connectivity index (χ0n) is 6.21. The summed E-state index contributed by atoms with van der Waals surface area (Å²) in [5.41, 5.74) is 0.162. The molecule has 0 saturated heterocycles. The molecule has 0 radical (unpaired) electrons. The van der Waals surface area contributed by atoms with Crippen molar-refractivity contribution in [2.75, 3.05) is 19.4 Å². The fraction of sp³-hybridized carbons (Fsp3) is 0.400. The first kappa shape index (κ1) is 7.52. The average molecular weight is 156 g/mol. The van der Waals surface area contributed by atoms with Crippen molar-refractivity contribution in [3.63, 3.8) is 0 Å². The van der Waals surface area contributed by atoms with Crippen LogP contribution < -0.4 is 10.6 Å². The van der Waals surface area contributed by atoms with Crippen LogP contribution in [0.15, 0.2) is 4.63 Å². The second-order valence-corrected chi connectivity index (χ2v) is 1.79. The summed E-state index contributed by atoms with van der Waals surface area (Å²) in [5.74, 6) is 0.0138. The van der Waals surface area contributed by atoms with E-state index < -0.39 is 0 Å². The third-order valence-electron chi connectivity index (χ3n) is 1.17. The molecule has 0 spiro atoms. The van der Waals surface area contributed by atoms with Crippen LogP contribution in [0.2, 0.25) is 0 Å². The lowest BCUT2D eigenvalue weighted by molar-refractivity contribution is 0.0954. The van der Waals surface area contributed by atoms with Crippen molar-refractivity contribution in [2.45, 2.75) is 0 Å². The molecular weight excluding hydrogens is 148 g/mol. The normalized spacial score (nSPS) is 9.27. The highest BCUT2D eigenvalue weighted by Gasteiger charge is 2.14. The number of aromatic nitrogens is 2.